The average Bonchev–Trinajstić information content (AvgIpc) is 3.09. The normalized spacial score (nSPS) is 11.5. The van der Waals surface area contributed by atoms with Crippen molar-refractivity contribution in [1.82, 2.24) is 14.5 Å². The van der Waals surface area contributed by atoms with Crippen molar-refractivity contribution in [2.75, 3.05) is 0 Å². The summed E-state index contributed by atoms with van der Waals surface area (Å²) in [5.74, 6) is 2.25. The lowest BCUT2D eigenvalue weighted by molar-refractivity contribution is 0.417. The van der Waals surface area contributed by atoms with Crippen LogP contribution in [-0.2, 0) is 36.8 Å². The van der Waals surface area contributed by atoms with Crippen molar-refractivity contribution >= 4 is 21.8 Å². The highest BCUT2D eigenvalue weighted by atomic mass is 16.4. The van der Waals surface area contributed by atoms with Crippen LogP contribution >= 0.6 is 0 Å². The maximum absolute atomic E-state index is 13.2. The smallest absolute Gasteiger partial charge is 0.346 e. The van der Waals surface area contributed by atoms with Gasteiger partial charge in [0, 0.05) is 19.4 Å². The summed E-state index contributed by atoms with van der Waals surface area (Å²) >= 11 is 0. The number of benzene rings is 4. The molecule has 0 fully saturated rings. The number of aromatic nitrogens is 3. The van der Waals surface area contributed by atoms with Crippen molar-refractivity contribution in [2.45, 2.75) is 113 Å². The zero-order valence-electron chi connectivity index (χ0n) is 33.4. The molecule has 288 valence electrons. The van der Waals surface area contributed by atoms with E-state index in [0.29, 0.717) is 48.0 Å². The highest BCUT2D eigenvalue weighted by Gasteiger charge is 2.18. The Hall–Kier alpha value is -4.88. The zero-order chi connectivity index (χ0) is 38.9. The first-order valence-corrected chi connectivity index (χ1v) is 18.7. The molecule has 0 unspecified atom stereocenters. The van der Waals surface area contributed by atoms with E-state index in [1.807, 2.05) is 77.4 Å². The van der Waals surface area contributed by atoms with Gasteiger partial charge in [-0.15, -0.1) is 0 Å². The summed E-state index contributed by atoms with van der Waals surface area (Å²) in [7, 11) is 0. The van der Waals surface area contributed by atoms with Gasteiger partial charge in [-0.2, -0.15) is 0 Å². The Labute approximate surface area is 322 Å². The molecule has 7 nitrogen and oxygen atoms in total. The zero-order valence-corrected chi connectivity index (χ0v) is 33.4. The van der Waals surface area contributed by atoms with Gasteiger partial charge in [0.05, 0.1) is 28.4 Å². The van der Waals surface area contributed by atoms with E-state index in [1.54, 1.807) is 0 Å². The van der Waals surface area contributed by atoms with E-state index in [-0.39, 0.29) is 29.4 Å². The fraction of sp³-hybridized carbons (Fsp3) is 0.404. The molecule has 2 heterocycles. The highest BCUT2D eigenvalue weighted by Crippen LogP contribution is 2.26. The van der Waals surface area contributed by atoms with Crippen molar-refractivity contribution in [3.8, 4) is 0 Å². The number of nitrogens with two attached hydrogens (primary N) is 1. The standard InChI is InChI=1S/C23H28N2O.C16H21NO2.C7H9N.CH4/c1-16(2)13-21-24-20-14-18(23(3,4)5)11-12-19(20)22(26)25(21)15-17-9-7-6-8-10-17;1-10(2)8-14-17-13-9-11(16(3,4)5)6-7-12(13)15(18)19-14;8-6-7-4-2-1-3-5-7;/h6-12,14,16H,13,15H2,1-5H3;6-7,9-10H,8H2,1-5H3;1-5H,6,8H2;1H4. The van der Waals surface area contributed by atoms with Crippen molar-refractivity contribution in [3.63, 3.8) is 0 Å². The molecule has 0 saturated heterocycles. The van der Waals surface area contributed by atoms with Crippen LogP contribution in [0.2, 0.25) is 0 Å². The van der Waals surface area contributed by atoms with E-state index in [2.05, 4.69) is 98.5 Å². The molecule has 0 amide bonds. The van der Waals surface area contributed by atoms with Gasteiger partial charge in [0.15, 0.2) is 5.89 Å². The lowest BCUT2D eigenvalue weighted by atomic mass is 9.86. The van der Waals surface area contributed by atoms with E-state index in [0.717, 1.165) is 28.8 Å². The summed E-state index contributed by atoms with van der Waals surface area (Å²) in [6.07, 6.45) is 1.47. The predicted molar refractivity (Wildman–Crippen MR) is 227 cm³/mol. The lowest BCUT2D eigenvalue weighted by Gasteiger charge is -2.20. The van der Waals surface area contributed by atoms with Crippen LogP contribution in [0, 0.1) is 11.8 Å². The van der Waals surface area contributed by atoms with Gasteiger partial charge in [0.1, 0.15) is 5.82 Å². The monoisotopic (exact) mass is 730 g/mol. The summed E-state index contributed by atoms with van der Waals surface area (Å²) in [5, 5.41) is 1.25. The lowest BCUT2D eigenvalue weighted by Crippen LogP contribution is -2.27. The number of hydrogen-bond donors (Lipinski definition) is 1. The van der Waals surface area contributed by atoms with Crippen LogP contribution in [0.15, 0.2) is 111 Å². The topological polar surface area (TPSA) is 104 Å². The van der Waals surface area contributed by atoms with Crippen LogP contribution in [-0.4, -0.2) is 14.5 Å². The van der Waals surface area contributed by atoms with Crippen LogP contribution in [0.5, 0.6) is 0 Å². The maximum atomic E-state index is 13.2. The Morgan fingerprint density at radius 1 is 0.648 bits per heavy atom. The molecule has 7 heteroatoms. The minimum Gasteiger partial charge on any atom is -0.408 e. The molecule has 6 aromatic rings. The second-order valence-corrected chi connectivity index (χ2v) is 16.6. The van der Waals surface area contributed by atoms with Gasteiger partial charge < -0.3 is 10.2 Å². The number of hydrogen-bond acceptors (Lipinski definition) is 6. The molecular formula is C47H62N4O3. The van der Waals surface area contributed by atoms with Gasteiger partial charge in [-0.05, 0) is 69.2 Å². The van der Waals surface area contributed by atoms with Crippen LogP contribution < -0.4 is 16.9 Å². The van der Waals surface area contributed by atoms with Gasteiger partial charge in [-0.3, -0.25) is 9.36 Å². The van der Waals surface area contributed by atoms with Crippen LogP contribution in [0.4, 0.5) is 0 Å². The van der Waals surface area contributed by atoms with Gasteiger partial charge in [0.25, 0.3) is 5.56 Å². The molecule has 0 bridgehead atoms. The van der Waals surface area contributed by atoms with Crippen molar-refractivity contribution in [1.29, 1.82) is 0 Å². The first-order chi connectivity index (χ1) is 25.0. The summed E-state index contributed by atoms with van der Waals surface area (Å²) in [5.41, 5.74) is 11.4. The Morgan fingerprint density at radius 3 is 1.59 bits per heavy atom. The third kappa shape index (κ3) is 12.1. The number of nitrogens with zero attached hydrogens (tertiary/aromatic N) is 3. The fourth-order valence-corrected chi connectivity index (χ4v) is 5.82. The van der Waals surface area contributed by atoms with Gasteiger partial charge in [-0.25, -0.2) is 14.8 Å². The largest absolute Gasteiger partial charge is 0.408 e. The fourth-order valence-electron chi connectivity index (χ4n) is 5.82. The predicted octanol–water partition coefficient (Wildman–Crippen LogP) is 10.4. The first kappa shape index (κ1) is 43.5. The molecule has 6 rings (SSSR count). The molecule has 0 saturated carbocycles. The number of fused-ring (bicyclic) bond motifs is 2. The van der Waals surface area contributed by atoms with Gasteiger partial charge in [0.2, 0.25) is 0 Å². The minimum atomic E-state index is -0.291. The molecule has 0 aliphatic heterocycles. The number of rotatable bonds is 7. The van der Waals surface area contributed by atoms with E-state index >= 15 is 0 Å². The van der Waals surface area contributed by atoms with Crippen molar-refractivity contribution in [2.24, 2.45) is 17.6 Å². The molecule has 0 radical (unpaired) electrons. The molecule has 0 aliphatic rings. The van der Waals surface area contributed by atoms with E-state index in [4.69, 9.17) is 15.1 Å². The van der Waals surface area contributed by atoms with Gasteiger partial charge >= 0.3 is 5.63 Å². The Morgan fingerprint density at radius 2 is 1.13 bits per heavy atom. The third-order valence-corrected chi connectivity index (χ3v) is 8.88. The molecular weight excluding hydrogens is 669 g/mol. The quantitative estimate of drug-likeness (QED) is 0.175. The second-order valence-electron chi connectivity index (χ2n) is 16.6. The molecule has 0 aliphatic carbocycles. The highest BCUT2D eigenvalue weighted by molar-refractivity contribution is 5.79. The van der Waals surface area contributed by atoms with Crippen molar-refractivity contribution in [3.05, 3.63) is 152 Å². The Bertz CT molecular complexity index is 2210. The van der Waals surface area contributed by atoms with Crippen LogP contribution in [0.25, 0.3) is 21.8 Å². The molecule has 2 aromatic heterocycles. The molecule has 4 aromatic carbocycles. The maximum Gasteiger partial charge on any atom is 0.346 e. The molecule has 0 spiro atoms. The summed E-state index contributed by atoms with van der Waals surface area (Å²) in [6.45, 7) is 22.7. The summed E-state index contributed by atoms with van der Waals surface area (Å²) < 4.78 is 7.10. The van der Waals surface area contributed by atoms with E-state index < -0.39 is 0 Å². The van der Waals surface area contributed by atoms with Crippen LogP contribution in [0.3, 0.4) is 0 Å². The van der Waals surface area contributed by atoms with Crippen molar-refractivity contribution < 1.29 is 4.42 Å². The minimum absolute atomic E-state index is 0. The third-order valence-electron chi connectivity index (χ3n) is 8.88. The van der Waals surface area contributed by atoms with E-state index in [9.17, 15) is 9.59 Å². The summed E-state index contributed by atoms with van der Waals surface area (Å²) in [6, 6.07) is 32.0. The Kier molecular flexibility index (Phi) is 15.3. The molecule has 54 heavy (non-hydrogen) atoms. The SMILES string of the molecule is C.CC(C)Cc1nc2cc(C(C)(C)C)ccc2c(=O)n1Cc1ccccc1.CC(C)Cc1nc2cc(C(C)(C)C)ccc2c(=O)o1.NCc1ccccc1. The van der Waals surface area contributed by atoms with Gasteiger partial charge in [-0.1, -0.05) is 149 Å². The first-order valence-electron chi connectivity index (χ1n) is 18.7. The van der Waals surface area contributed by atoms with Crippen LogP contribution in [0.1, 0.15) is 111 Å². The molecule has 0 atom stereocenters. The second kappa shape index (κ2) is 18.9. The summed E-state index contributed by atoms with van der Waals surface area (Å²) in [4.78, 5) is 34.5. The van der Waals surface area contributed by atoms with E-state index in [1.165, 1.54) is 16.7 Å². The molecule has 2 N–H and O–H groups in total. The average molecular weight is 731 g/mol. The Balaban J connectivity index is 0.000000244.